The second-order valence-electron chi connectivity index (χ2n) is 5.01. The van der Waals surface area contributed by atoms with E-state index in [0.29, 0.717) is 0 Å². The second kappa shape index (κ2) is 7.72. The molecule has 2 rings (SSSR count). The van der Waals surface area contributed by atoms with Crippen LogP contribution in [0.4, 0.5) is 24.5 Å². The van der Waals surface area contributed by atoms with E-state index in [1.54, 1.807) is 0 Å². The van der Waals surface area contributed by atoms with Crippen molar-refractivity contribution in [1.29, 1.82) is 0 Å². The number of anilines is 1. The van der Waals surface area contributed by atoms with Crippen LogP contribution >= 0.6 is 0 Å². The van der Waals surface area contributed by atoms with Crippen LogP contribution in [-0.4, -0.2) is 24.5 Å². The first-order valence-electron chi connectivity index (χ1n) is 7.13. The lowest BCUT2D eigenvalue weighted by atomic mass is 10.2. The van der Waals surface area contributed by atoms with Gasteiger partial charge < -0.3 is 14.8 Å². The Morgan fingerprint density at radius 1 is 1.23 bits per heavy atom. The van der Waals surface area contributed by atoms with Crippen LogP contribution in [0.15, 0.2) is 42.5 Å². The van der Waals surface area contributed by atoms with E-state index in [1.165, 1.54) is 25.3 Å². The number of amides is 1. The third kappa shape index (κ3) is 4.85. The summed E-state index contributed by atoms with van der Waals surface area (Å²) in [7, 11) is 1.34. The molecule has 138 valence electrons. The number of nitrogens with one attached hydrogen (secondary N) is 1. The third-order valence-electron chi connectivity index (χ3n) is 3.20. The minimum Gasteiger partial charge on any atom is -0.496 e. The van der Waals surface area contributed by atoms with Gasteiger partial charge in [-0.1, -0.05) is 6.07 Å². The number of halogens is 3. The Hall–Kier alpha value is -3.30. The number of benzene rings is 2. The van der Waals surface area contributed by atoms with Crippen molar-refractivity contribution in [3.05, 3.63) is 58.1 Å². The summed E-state index contributed by atoms with van der Waals surface area (Å²) in [5, 5.41) is 13.3. The highest BCUT2D eigenvalue weighted by Gasteiger charge is 2.30. The maximum atomic E-state index is 12.6. The van der Waals surface area contributed by atoms with Crippen molar-refractivity contribution < 1.29 is 32.4 Å². The predicted octanol–water partition coefficient (Wildman–Crippen LogP) is 3.64. The fraction of sp³-hybridized carbons (Fsp3) is 0.188. The summed E-state index contributed by atoms with van der Waals surface area (Å²) in [6.45, 7) is -0.622. The van der Waals surface area contributed by atoms with Crippen LogP contribution in [0.2, 0.25) is 0 Å². The first-order valence-corrected chi connectivity index (χ1v) is 7.13. The SMILES string of the molecule is COc1ccc(OCC(=O)Nc2cccc(C(F)(F)F)c2)c([N+](=O)[O-])c1. The standard InChI is InChI=1S/C16H13F3N2O5/c1-25-12-5-6-14(13(8-12)21(23)24)26-9-15(22)20-11-4-2-3-10(7-11)16(17,18)19/h2-8H,9H2,1H3,(H,20,22). The van der Waals surface area contributed by atoms with Crippen molar-refractivity contribution >= 4 is 17.3 Å². The number of alkyl halides is 3. The zero-order valence-electron chi connectivity index (χ0n) is 13.4. The molecule has 26 heavy (non-hydrogen) atoms. The summed E-state index contributed by atoms with van der Waals surface area (Å²) < 4.78 is 47.9. The zero-order chi connectivity index (χ0) is 19.3. The number of nitrogens with zero attached hydrogens (tertiary/aromatic N) is 1. The number of hydrogen-bond acceptors (Lipinski definition) is 5. The van der Waals surface area contributed by atoms with Crippen LogP contribution in [0.1, 0.15) is 5.56 Å². The Kier molecular flexibility index (Phi) is 5.65. The molecule has 0 spiro atoms. The largest absolute Gasteiger partial charge is 0.496 e. The van der Waals surface area contributed by atoms with Gasteiger partial charge in [-0.05, 0) is 30.3 Å². The number of ether oxygens (including phenoxy) is 2. The van der Waals surface area contributed by atoms with Gasteiger partial charge in [0.15, 0.2) is 12.4 Å². The number of nitro groups is 1. The second-order valence-corrected chi connectivity index (χ2v) is 5.01. The first-order chi connectivity index (χ1) is 12.2. The van der Waals surface area contributed by atoms with Crippen molar-refractivity contribution in [2.24, 2.45) is 0 Å². The smallest absolute Gasteiger partial charge is 0.416 e. The molecule has 0 saturated heterocycles. The maximum Gasteiger partial charge on any atom is 0.416 e. The zero-order valence-corrected chi connectivity index (χ0v) is 13.4. The molecule has 7 nitrogen and oxygen atoms in total. The van der Waals surface area contributed by atoms with E-state index in [2.05, 4.69) is 5.32 Å². The molecule has 0 saturated carbocycles. The molecule has 2 aromatic rings. The number of rotatable bonds is 6. The van der Waals surface area contributed by atoms with Gasteiger partial charge in [-0.2, -0.15) is 13.2 Å². The van der Waals surface area contributed by atoms with E-state index in [-0.39, 0.29) is 17.2 Å². The van der Waals surface area contributed by atoms with Crippen molar-refractivity contribution in [1.82, 2.24) is 0 Å². The van der Waals surface area contributed by atoms with E-state index >= 15 is 0 Å². The third-order valence-corrected chi connectivity index (χ3v) is 3.20. The monoisotopic (exact) mass is 370 g/mol. The molecule has 0 aromatic heterocycles. The van der Waals surface area contributed by atoms with Gasteiger partial charge in [-0.3, -0.25) is 14.9 Å². The number of carbonyl (C=O) groups is 1. The molecule has 0 unspecified atom stereocenters. The normalized spacial score (nSPS) is 10.9. The van der Waals surface area contributed by atoms with Crippen molar-refractivity contribution in [3.63, 3.8) is 0 Å². The average Bonchev–Trinajstić information content (AvgIpc) is 2.59. The Morgan fingerprint density at radius 2 is 1.96 bits per heavy atom. The Balaban J connectivity index is 2.05. The van der Waals surface area contributed by atoms with Crippen LogP contribution in [0.3, 0.4) is 0 Å². The lowest BCUT2D eigenvalue weighted by Gasteiger charge is -2.11. The highest BCUT2D eigenvalue weighted by molar-refractivity contribution is 5.92. The molecule has 0 aliphatic rings. The molecule has 10 heteroatoms. The van der Waals surface area contributed by atoms with E-state index < -0.39 is 34.9 Å². The molecule has 0 bridgehead atoms. The minimum atomic E-state index is -4.54. The highest BCUT2D eigenvalue weighted by Crippen LogP contribution is 2.32. The number of methoxy groups -OCH3 is 1. The molecule has 0 aliphatic carbocycles. The van der Waals surface area contributed by atoms with Gasteiger partial charge in [0.25, 0.3) is 5.91 Å². The summed E-state index contributed by atoms with van der Waals surface area (Å²) >= 11 is 0. The van der Waals surface area contributed by atoms with Crippen LogP contribution in [0.5, 0.6) is 11.5 Å². The molecule has 0 fully saturated rings. The van der Waals surface area contributed by atoms with Crippen molar-refractivity contribution in [2.75, 3.05) is 19.0 Å². The van der Waals surface area contributed by atoms with Crippen molar-refractivity contribution in [2.45, 2.75) is 6.18 Å². The quantitative estimate of drug-likeness (QED) is 0.619. The van der Waals surface area contributed by atoms with E-state index in [0.717, 1.165) is 24.3 Å². The lowest BCUT2D eigenvalue weighted by molar-refractivity contribution is -0.385. The molecule has 0 heterocycles. The number of hydrogen-bond donors (Lipinski definition) is 1. The topological polar surface area (TPSA) is 90.7 Å². The summed E-state index contributed by atoms with van der Waals surface area (Å²) in [5.41, 5.74) is -1.39. The first kappa shape index (κ1) is 19.0. The molecule has 2 aromatic carbocycles. The molecule has 1 amide bonds. The van der Waals surface area contributed by atoms with Crippen LogP contribution < -0.4 is 14.8 Å². The van der Waals surface area contributed by atoms with E-state index in [9.17, 15) is 28.1 Å². The Labute approximate surface area is 145 Å². The van der Waals surface area contributed by atoms with Crippen LogP contribution in [0.25, 0.3) is 0 Å². The van der Waals surface area contributed by atoms with Gasteiger partial charge in [0, 0.05) is 5.69 Å². The van der Waals surface area contributed by atoms with Gasteiger partial charge in [-0.25, -0.2) is 0 Å². The summed E-state index contributed by atoms with van der Waals surface area (Å²) in [5.74, 6) is -0.707. The fourth-order valence-corrected chi connectivity index (χ4v) is 2.00. The van der Waals surface area contributed by atoms with Gasteiger partial charge in [-0.15, -0.1) is 0 Å². The van der Waals surface area contributed by atoms with E-state index in [1.807, 2.05) is 0 Å². The predicted molar refractivity (Wildman–Crippen MR) is 85.2 cm³/mol. The van der Waals surface area contributed by atoms with Crippen LogP contribution in [-0.2, 0) is 11.0 Å². The molecule has 0 aliphatic heterocycles. The van der Waals surface area contributed by atoms with Gasteiger partial charge in [0.2, 0.25) is 0 Å². The summed E-state index contributed by atoms with van der Waals surface area (Å²) in [6.07, 6.45) is -4.54. The Bertz CT molecular complexity index is 824. The fourth-order valence-electron chi connectivity index (χ4n) is 2.00. The van der Waals surface area contributed by atoms with E-state index in [4.69, 9.17) is 9.47 Å². The molecule has 0 radical (unpaired) electrons. The van der Waals surface area contributed by atoms with Crippen LogP contribution in [0, 0.1) is 10.1 Å². The van der Waals surface area contributed by atoms with Gasteiger partial charge >= 0.3 is 11.9 Å². The number of carbonyl (C=O) groups excluding carboxylic acids is 1. The molecule has 1 N–H and O–H groups in total. The summed E-state index contributed by atoms with van der Waals surface area (Å²) in [4.78, 5) is 22.2. The molecular weight excluding hydrogens is 357 g/mol. The highest BCUT2D eigenvalue weighted by atomic mass is 19.4. The van der Waals surface area contributed by atoms with Gasteiger partial charge in [0.05, 0.1) is 23.7 Å². The Morgan fingerprint density at radius 3 is 2.58 bits per heavy atom. The number of nitro benzene ring substituents is 1. The minimum absolute atomic E-state index is 0.0716. The average molecular weight is 370 g/mol. The summed E-state index contributed by atoms with van der Waals surface area (Å²) in [6, 6.07) is 7.86. The molecule has 0 atom stereocenters. The van der Waals surface area contributed by atoms with Gasteiger partial charge in [0.1, 0.15) is 5.75 Å². The van der Waals surface area contributed by atoms with Crippen molar-refractivity contribution in [3.8, 4) is 11.5 Å². The lowest BCUT2D eigenvalue weighted by Crippen LogP contribution is -2.20. The molecular formula is C16H13F3N2O5. The maximum absolute atomic E-state index is 12.6.